The van der Waals surface area contributed by atoms with Gasteiger partial charge in [-0.2, -0.15) is 5.10 Å². The minimum Gasteiger partial charge on any atom is -0.352 e. The second-order valence-corrected chi connectivity index (χ2v) is 6.25. The molecule has 0 aliphatic heterocycles. The van der Waals surface area contributed by atoms with Crippen LogP contribution in [0.25, 0.3) is 5.69 Å². The van der Waals surface area contributed by atoms with Gasteiger partial charge in [0.15, 0.2) is 0 Å². The molecule has 1 heterocycles. The molecular weight excluding hydrogens is 310 g/mol. The first-order valence-corrected chi connectivity index (χ1v) is 8.59. The van der Waals surface area contributed by atoms with Crippen LogP contribution in [0.3, 0.4) is 0 Å². The van der Waals surface area contributed by atoms with Gasteiger partial charge in [0, 0.05) is 18.3 Å². The lowest BCUT2D eigenvalue weighted by Crippen LogP contribution is -2.24. The quantitative estimate of drug-likeness (QED) is 0.697. The van der Waals surface area contributed by atoms with E-state index in [2.05, 4.69) is 16.6 Å². The highest BCUT2D eigenvalue weighted by atomic mass is 16.1. The predicted octanol–water partition coefficient (Wildman–Crippen LogP) is 3.85. The number of aryl methyl sites for hydroxylation is 3. The van der Waals surface area contributed by atoms with Crippen molar-refractivity contribution in [3.63, 3.8) is 0 Å². The normalized spacial score (nSPS) is 10.6. The highest BCUT2D eigenvalue weighted by Gasteiger charge is 2.07. The van der Waals surface area contributed by atoms with Crippen LogP contribution in [0.4, 0.5) is 0 Å². The Morgan fingerprint density at radius 1 is 1.04 bits per heavy atom. The van der Waals surface area contributed by atoms with Crippen molar-refractivity contribution in [2.75, 3.05) is 6.54 Å². The minimum absolute atomic E-state index is 0.0169. The minimum atomic E-state index is -0.0169. The molecule has 25 heavy (non-hydrogen) atoms. The van der Waals surface area contributed by atoms with Crippen molar-refractivity contribution in [2.45, 2.75) is 26.7 Å². The molecule has 4 nitrogen and oxygen atoms in total. The fourth-order valence-electron chi connectivity index (χ4n) is 2.74. The number of rotatable bonds is 6. The second kappa shape index (κ2) is 7.79. The SMILES string of the molecule is Cc1ccc(C(=O)NCCCc2cn(-c3ccccc3)nc2C)cc1. The predicted molar refractivity (Wildman–Crippen MR) is 100 cm³/mol. The van der Waals surface area contributed by atoms with E-state index in [0.29, 0.717) is 12.1 Å². The van der Waals surface area contributed by atoms with E-state index in [9.17, 15) is 4.79 Å². The standard InChI is InChI=1S/C21H23N3O/c1-16-10-12-18(13-11-16)21(25)22-14-6-7-19-15-24(23-17(19)2)20-8-4-3-5-9-20/h3-5,8-13,15H,6-7,14H2,1-2H3,(H,22,25). The summed E-state index contributed by atoms with van der Waals surface area (Å²) in [6, 6.07) is 17.7. The lowest BCUT2D eigenvalue weighted by atomic mass is 10.1. The Bertz CT molecular complexity index is 835. The van der Waals surface area contributed by atoms with E-state index >= 15 is 0 Å². The Balaban J connectivity index is 1.52. The number of benzene rings is 2. The first-order chi connectivity index (χ1) is 12.1. The molecule has 0 unspecified atom stereocenters. The molecule has 0 radical (unpaired) electrons. The van der Waals surface area contributed by atoms with Crippen LogP contribution in [0, 0.1) is 13.8 Å². The third-order valence-electron chi connectivity index (χ3n) is 4.24. The summed E-state index contributed by atoms with van der Waals surface area (Å²) in [6.45, 7) is 4.70. The summed E-state index contributed by atoms with van der Waals surface area (Å²) >= 11 is 0. The van der Waals surface area contributed by atoms with Crippen molar-refractivity contribution in [1.82, 2.24) is 15.1 Å². The number of carbonyl (C=O) groups is 1. The van der Waals surface area contributed by atoms with E-state index in [1.165, 1.54) is 5.56 Å². The summed E-state index contributed by atoms with van der Waals surface area (Å²) < 4.78 is 1.91. The number of hydrogen-bond acceptors (Lipinski definition) is 2. The lowest BCUT2D eigenvalue weighted by Gasteiger charge is -2.05. The molecule has 4 heteroatoms. The number of para-hydroxylation sites is 1. The molecular formula is C21H23N3O. The zero-order chi connectivity index (χ0) is 17.6. The summed E-state index contributed by atoms with van der Waals surface area (Å²) in [5.74, 6) is -0.0169. The maximum atomic E-state index is 12.1. The molecule has 3 aromatic rings. The number of hydrogen-bond donors (Lipinski definition) is 1. The van der Waals surface area contributed by atoms with Gasteiger partial charge in [-0.25, -0.2) is 4.68 Å². The monoisotopic (exact) mass is 333 g/mol. The molecule has 0 spiro atoms. The molecule has 0 fully saturated rings. The van der Waals surface area contributed by atoms with E-state index in [1.807, 2.05) is 73.1 Å². The van der Waals surface area contributed by atoms with E-state index in [-0.39, 0.29) is 5.91 Å². The van der Waals surface area contributed by atoms with Crippen molar-refractivity contribution < 1.29 is 4.79 Å². The topological polar surface area (TPSA) is 46.9 Å². The van der Waals surface area contributed by atoms with Crippen LogP contribution in [0.15, 0.2) is 60.8 Å². The van der Waals surface area contributed by atoms with Gasteiger partial charge < -0.3 is 5.32 Å². The van der Waals surface area contributed by atoms with Gasteiger partial charge in [0.25, 0.3) is 5.91 Å². The number of amides is 1. The molecule has 0 atom stereocenters. The molecule has 128 valence electrons. The highest BCUT2D eigenvalue weighted by Crippen LogP contribution is 2.13. The zero-order valence-electron chi connectivity index (χ0n) is 14.7. The van der Waals surface area contributed by atoms with Crippen LogP contribution in [-0.2, 0) is 6.42 Å². The van der Waals surface area contributed by atoms with Gasteiger partial charge in [-0.15, -0.1) is 0 Å². The van der Waals surface area contributed by atoms with Gasteiger partial charge in [-0.05, 0) is 56.5 Å². The summed E-state index contributed by atoms with van der Waals surface area (Å²) in [7, 11) is 0. The van der Waals surface area contributed by atoms with E-state index in [1.54, 1.807) is 0 Å². The molecule has 1 N–H and O–H groups in total. The molecule has 0 aliphatic rings. The average molecular weight is 333 g/mol. The van der Waals surface area contributed by atoms with Crippen LogP contribution in [0.2, 0.25) is 0 Å². The first kappa shape index (κ1) is 17.0. The highest BCUT2D eigenvalue weighted by molar-refractivity contribution is 5.94. The van der Waals surface area contributed by atoms with Gasteiger partial charge in [0.05, 0.1) is 11.4 Å². The number of aromatic nitrogens is 2. The van der Waals surface area contributed by atoms with Crippen molar-refractivity contribution in [3.8, 4) is 5.69 Å². The smallest absolute Gasteiger partial charge is 0.251 e. The van der Waals surface area contributed by atoms with Gasteiger partial charge in [0.1, 0.15) is 0 Å². The zero-order valence-corrected chi connectivity index (χ0v) is 14.7. The maximum Gasteiger partial charge on any atom is 0.251 e. The number of nitrogens with one attached hydrogen (secondary N) is 1. The third-order valence-corrected chi connectivity index (χ3v) is 4.24. The van der Waals surface area contributed by atoms with Crippen molar-refractivity contribution in [2.24, 2.45) is 0 Å². The molecule has 0 saturated heterocycles. The molecule has 0 bridgehead atoms. The van der Waals surface area contributed by atoms with Crippen molar-refractivity contribution in [1.29, 1.82) is 0 Å². The number of carbonyl (C=O) groups excluding carboxylic acids is 1. The van der Waals surface area contributed by atoms with Crippen LogP contribution in [0.5, 0.6) is 0 Å². The Morgan fingerprint density at radius 3 is 2.48 bits per heavy atom. The van der Waals surface area contributed by atoms with E-state index < -0.39 is 0 Å². The Labute approximate surface area is 148 Å². The maximum absolute atomic E-state index is 12.1. The summed E-state index contributed by atoms with van der Waals surface area (Å²) in [6.07, 6.45) is 3.86. The van der Waals surface area contributed by atoms with E-state index in [4.69, 9.17) is 0 Å². The summed E-state index contributed by atoms with van der Waals surface area (Å²) in [5, 5.41) is 7.56. The largest absolute Gasteiger partial charge is 0.352 e. The van der Waals surface area contributed by atoms with Gasteiger partial charge >= 0.3 is 0 Å². The third kappa shape index (κ3) is 4.35. The average Bonchev–Trinajstić information content (AvgIpc) is 3.01. The van der Waals surface area contributed by atoms with Crippen molar-refractivity contribution in [3.05, 3.63) is 83.2 Å². The Hall–Kier alpha value is -2.88. The molecule has 2 aromatic carbocycles. The molecule has 1 amide bonds. The summed E-state index contributed by atoms with van der Waals surface area (Å²) in [4.78, 5) is 12.1. The summed E-state index contributed by atoms with van der Waals surface area (Å²) in [5.41, 5.74) is 5.17. The Morgan fingerprint density at radius 2 is 1.76 bits per heavy atom. The first-order valence-electron chi connectivity index (χ1n) is 8.59. The van der Waals surface area contributed by atoms with Gasteiger partial charge in [0.2, 0.25) is 0 Å². The van der Waals surface area contributed by atoms with Crippen molar-refractivity contribution >= 4 is 5.91 Å². The fourth-order valence-corrected chi connectivity index (χ4v) is 2.74. The van der Waals surface area contributed by atoms with Crippen LogP contribution >= 0.6 is 0 Å². The second-order valence-electron chi connectivity index (χ2n) is 6.25. The molecule has 3 rings (SSSR count). The van der Waals surface area contributed by atoms with Gasteiger partial charge in [-0.3, -0.25) is 4.79 Å². The number of nitrogens with zero attached hydrogens (tertiary/aromatic N) is 2. The lowest BCUT2D eigenvalue weighted by molar-refractivity contribution is 0.0953. The van der Waals surface area contributed by atoms with Crippen LogP contribution < -0.4 is 5.32 Å². The van der Waals surface area contributed by atoms with E-state index in [0.717, 1.165) is 29.8 Å². The molecule has 0 saturated carbocycles. The van der Waals surface area contributed by atoms with Gasteiger partial charge in [-0.1, -0.05) is 35.9 Å². The fraction of sp³-hybridized carbons (Fsp3) is 0.238. The van der Waals surface area contributed by atoms with Crippen LogP contribution in [-0.4, -0.2) is 22.2 Å². The molecule has 0 aliphatic carbocycles. The Kier molecular flexibility index (Phi) is 5.29. The van der Waals surface area contributed by atoms with Crippen LogP contribution in [0.1, 0.15) is 33.6 Å². The molecule has 1 aromatic heterocycles.